The second kappa shape index (κ2) is 7.84. The lowest BCUT2D eigenvalue weighted by molar-refractivity contribution is 0.324. The Balaban J connectivity index is 1.91. The van der Waals surface area contributed by atoms with E-state index < -0.39 is 0 Å². The summed E-state index contributed by atoms with van der Waals surface area (Å²) in [5.41, 5.74) is 1.37. The Kier molecular flexibility index (Phi) is 5.25. The molecule has 0 aliphatic carbocycles. The van der Waals surface area contributed by atoms with Crippen molar-refractivity contribution < 1.29 is 14.2 Å². The molecule has 0 amide bonds. The molecule has 9 heteroatoms. The van der Waals surface area contributed by atoms with Crippen LogP contribution in [0, 0.1) is 0 Å². The van der Waals surface area contributed by atoms with Gasteiger partial charge in [0.05, 0.1) is 25.9 Å². The van der Waals surface area contributed by atoms with Crippen LogP contribution in [-0.4, -0.2) is 35.9 Å². The molecule has 148 valence electrons. The number of hydrogen-bond donors (Lipinski definition) is 0. The fourth-order valence-corrected chi connectivity index (χ4v) is 4.34. The van der Waals surface area contributed by atoms with Gasteiger partial charge < -0.3 is 14.2 Å². The maximum Gasteiger partial charge on any atom is 0.276 e. The first kappa shape index (κ1) is 19.4. The van der Waals surface area contributed by atoms with Gasteiger partial charge in [-0.05, 0) is 35.9 Å². The van der Waals surface area contributed by atoms with E-state index in [1.54, 1.807) is 12.1 Å². The van der Waals surface area contributed by atoms with Crippen LogP contribution >= 0.6 is 27.3 Å². The van der Waals surface area contributed by atoms with Crippen molar-refractivity contribution in [2.45, 2.75) is 0 Å². The fraction of sp³-hybridized carbons (Fsp3) is 0.150. The van der Waals surface area contributed by atoms with Crippen molar-refractivity contribution in [2.75, 3.05) is 21.3 Å². The van der Waals surface area contributed by atoms with Crippen LogP contribution in [0.3, 0.4) is 0 Å². The van der Waals surface area contributed by atoms with Gasteiger partial charge in [0.1, 0.15) is 0 Å². The zero-order chi connectivity index (χ0) is 20.5. The topological polar surface area (TPSA) is 75.0 Å². The minimum atomic E-state index is -0.182. The lowest BCUT2D eigenvalue weighted by Gasteiger charge is -2.13. The Morgan fingerprint density at radius 1 is 1.03 bits per heavy atom. The fourth-order valence-electron chi connectivity index (χ4n) is 3.01. The molecule has 0 saturated heterocycles. The van der Waals surface area contributed by atoms with E-state index in [1.807, 2.05) is 30.3 Å². The summed E-state index contributed by atoms with van der Waals surface area (Å²) >= 11 is 4.73. The largest absolute Gasteiger partial charge is 0.493 e. The monoisotopic (exact) mass is 473 g/mol. The van der Waals surface area contributed by atoms with Crippen molar-refractivity contribution in [1.29, 1.82) is 0 Å². The molecule has 0 fully saturated rings. The lowest BCUT2D eigenvalue weighted by atomic mass is 10.1. The van der Waals surface area contributed by atoms with Gasteiger partial charge in [-0.2, -0.15) is 0 Å². The first-order valence-electron chi connectivity index (χ1n) is 8.51. The van der Waals surface area contributed by atoms with E-state index >= 15 is 0 Å². The summed E-state index contributed by atoms with van der Waals surface area (Å²) in [6.45, 7) is 0. The SMILES string of the molecule is COc1cc(-c2nnc3sc(=Cc4cccc(Br)c4)c(=O)n23)cc(OC)c1OC. The smallest absolute Gasteiger partial charge is 0.276 e. The second-order valence-corrected chi connectivity index (χ2v) is 7.95. The molecule has 0 atom stereocenters. The van der Waals surface area contributed by atoms with E-state index in [4.69, 9.17) is 14.2 Å². The highest BCUT2D eigenvalue weighted by Crippen LogP contribution is 2.40. The molecule has 0 aliphatic heterocycles. The average molecular weight is 474 g/mol. The highest BCUT2D eigenvalue weighted by Gasteiger charge is 2.19. The number of nitrogens with zero attached hydrogens (tertiary/aromatic N) is 3. The van der Waals surface area contributed by atoms with Gasteiger partial charge in [0.25, 0.3) is 5.56 Å². The number of fused-ring (bicyclic) bond motifs is 1. The van der Waals surface area contributed by atoms with E-state index in [0.29, 0.717) is 38.1 Å². The molecular weight excluding hydrogens is 458 g/mol. The number of aromatic nitrogens is 3. The first-order chi connectivity index (χ1) is 14.0. The standard InChI is InChI=1S/C20H16BrN3O4S/c1-26-14-9-12(10-15(27-2)17(14)28-3)18-22-23-20-24(18)19(25)16(29-20)8-11-5-4-6-13(21)7-11/h4-10H,1-3H3. The molecule has 4 rings (SSSR count). The maximum absolute atomic E-state index is 13.1. The van der Waals surface area contributed by atoms with Crippen LogP contribution in [0.1, 0.15) is 5.56 Å². The number of rotatable bonds is 5. The molecule has 0 radical (unpaired) electrons. The van der Waals surface area contributed by atoms with Crippen molar-refractivity contribution >= 4 is 38.3 Å². The van der Waals surface area contributed by atoms with Crippen LogP contribution < -0.4 is 24.3 Å². The minimum absolute atomic E-state index is 0.182. The Morgan fingerprint density at radius 3 is 2.38 bits per heavy atom. The van der Waals surface area contributed by atoms with E-state index in [-0.39, 0.29) is 5.56 Å². The molecule has 7 nitrogen and oxygen atoms in total. The number of thiazole rings is 1. The predicted octanol–water partition coefficient (Wildman–Crippen LogP) is 3.15. The zero-order valence-corrected chi connectivity index (χ0v) is 18.2. The molecule has 0 bridgehead atoms. The highest BCUT2D eigenvalue weighted by molar-refractivity contribution is 9.10. The van der Waals surface area contributed by atoms with Crippen molar-refractivity contribution in [3.05, 3.63) is 61.3 Å². The summed E-state index contributed by atoms with van der Waals surface area (Å²) in [6, 6.07) is 11.2. The van der Waals surface area contributed by atoms with Gasteiger partial charge in [-0.25, -0.2) is 4.40 Å². The number of benzene rings is 2. The van der Waals surface area contributed by atoms with Crippen molar-refractivity contribution in [1.82, 2.24) is 14.6 Å². The van der Waals surface area contributed by atoms with Crippen molar-refractivity contribution in [3.8, 4) is 28.6 Å². The molecule has 4 aromatic rings. The summed E-state index contributed by atoms with van der Waals surface area (Å²) in [7, 11) is 4.61. The third kappa shape index (κ3) is 3.47. The zero-order valence-electron chi connectivity index (χ0n) is 15.8. The van der Waals surface area contributed by atoms with Gasteiger partial charge in [0, 0.05) is 10.0 Å². The maximum atomic E-state index is 13.1. The van der Waals surface area contributed by atoms with E-state index in [0.717, 1.165) is 10.0 Å². The summed E-state index contributed by atoms with van der Waals surface area (Å²) in [4.78, 5) is 13.6. The summed E-state index contributed by atoms with van der Waals surface area (Å²) < 4.78 is 19.2. The second-order valence-electron chi connectivity index (χ2n) is 6.03. The third-order valence-corrected chi connectivity index (χ3v) is 5.77. The quantitative estimate of drug-likeness (QED) is 0.443. The molecule has 2 heterocycles. The summed E-state index contributed by atoms with van der Waals surface area (Å²) in [5, 5.41) is 8.38. The highest BCUT2D eigenvalue weighted by atomic mass is 79.9. The van der Waals surface area contributed by atoms with Gasteiger partial charge in [-0.15, -0.1) is 10.2 Å². The van der Waals surface area contributed by atoms with Crippen molar-refractivity contribution in [3.63, 3.8) is 0 Å². The van der Waals surface area contributed by atoms with E-state index in [9.17, 15) is 4.79 Å². The molecule has 29 heavy (non-hydrogen) atoms. The number of hydrogen-bond acceptors (Lipinski definition) is 7. The van der Waals surface area contributed by atoms with Crippen molar-refractivity contribution in [2.24, 2.45) is 0 Å². The van der Waals surface area contributed by atoms with Gasteiger partial charge in [-0.3, -0.25) is 4.79 Å². The van der Waals surface area contributed by atoms with Crippen LogP contribution in [0.5, 0.6) is 17.2 Å². The minimum Gasteiger partial charge on any atom is -0.493 e. The Morgan fingerprint density at radius 2 is 1.76 bits per heavy atom. The Bertz CT molecular complexity index is 1290. The number of ether oxygens (including phenoxy) is 3. The van der Waals surface area contributed by atoms with Gasteiger partial charge >= 0.3 is 0 Å². The van der Waals surface area contributed by atoms with Crippen LogP contribution in [0.4, 0.5) is 0 Å². The van der Waals surface area contributed by atoms with Gasteiger partial charge in [-0.1, -0.05) is 39.4 Å². The third-order valence-electron chi connectivity index (χ3n) is 4.32. The van der Waals surface area contributed by atoms with Gasteiger partial charge in [0.15, 0.2) is 17.3 Å². The summed E-state index contributed by atoms with van der Waals surface area (Å²) in [5.74, 6) is 1.83. The lowest BCUT2D eigenvalue weighted by Crippen LogP contribution is -2.23. The molecule has 2 aromatic heterocycles. The number of halogens is 1. The molecule has 0 N–H and O–H groups in total. The normalized spacial score (nSPS) is 11.8. The Labute approximate surface area is 178 Å². The first-order valence-corrected chi connectivity index (χ1v) is 10.1. The molecular formula is C20H16BrN3O4S. The van der Waals surface area contributed by atoms with Crippen LogP contribution in [0.2, 0.25) is 0 Å². The van der Waals surface area contributed by atoms with Gasteiger partial charge in [0.2, 0.25) is 10.7 Å². The molecule has 0 saturated carbocycles. The van der Waals surface area contributed by atoms with Crippen LogP contribution in [0.15, 0.2) is 45.7 Å². The van der Waals surface area contributed by atoms with E-state index in [2.05, 4.69) is 26.1 Å². The van der Waals surface area contributed by atoms with Crippen LogP contribution in [-0.2, 0) is 0 Å². The predicted molar refractivity (Wildman–Crippen MR) is 115 cm³/mol. The average Bonchev–Trinajstić information content (AvgIpc) is 3.27. The molecule has 0 spiro atoms. The molecule has 0 unspecified atom stereocenters. The van der Waals surface area contributed by atoms with E-state index in [1.165, 1.54) is 37.1 Å². The number of methoxy groups -OCH3 is 3. The summed E-state index contributed by atoms with van der Waals surface area (Å²) in [6.07, 6.45) is 1.84. The van der Waals surface area contributed by atoms with Crippen LogP contribution in [0.25, 0.3) is 22.4 Å². The molecule has 0 aliphatic rings. The Hall–Kier alpha value is -2.91. The molecule has 2 aromatic carbocycles.